The number of rotatable bonds is 5. The summed E-state index contributed by atoms with van der Waals surface area (Å²) in [5.74, 6) is -0.411. The van der Waals surface area contributed by atoms with Crippen LogP contribution in [0.4, 0.5) is 5.82 Å². The fourth-order valence-corrected chi connectivity index (χ4v) is 2.98. The van der Waals surface area contributed by atoms with E-state index in [1.807, 2.05) is 11.4 Å². The molecule has 2 heterocycles. The van der Waals surface area contributed by atoms with Gasteiger partial charge in [-0.3, -0.25) is 0 Å². The first-order chi connectivity index (χ1) is 9.65. The lowest BCUT2D eigenvalue weighted by atomic mass is 10.3. The molecule has 1 saturated carbocycles. The van der Waals surface area contributed by atoms with E-state index in [-0.39, 0.29) is 10.7 Å². The second-order valence-electron chi connectivity index (χ2n) is 4.74. The molecule has 0 saturated heterocycles. The fourth-order valence-electron chi connectivity index (χ4n) is 2.10. The topological polar surface area (TPSA) is 53.4 Å². The highest BCUT2D eigenvalue weighted by molar-refractivity contribution is 7.09. The highest BCUT2D eigenvalue weighted by Gasteiger charge is 2.31. The first-order valence-corrected chi connectivity index (χ1v) is 7.60. The van der Waals surface area contributed by atoms with Gasteiger partial charge in [-0.1, -0.05) is 17.7 Å². The van der Waals surface area contributed by atoms with Gasteiger partial charge in [0, 0.05) is 10.9 Å². The average molecular weight is 309 g/mol. The van der Waals surface area contributed by atoms with E-state index in [9.17, 15) is 4.79 Å². The molecule has 0 amide bonds. The number of halogens is 1. The second-order valence-corrected chi connectivity index (χ2v) is 6.18. The molecule has 1 aliphatic carbocycles. The molecule has 2 aromatic heterocycles. The molecule has 2 aromatic rings. The summed E-state index contributed by atoms with van der Waals surface area (Å²) >= 11 is 7.57. The van der Waals surface area contributed by atoms with Gasteiger partial charge in [-0.05, 0) is 36.4 Å². The van der Waals surface area contributed by atoms with Crippen LogP contribution in [0.2, 0.25) is 5.02 Å². The van der Waals surface area contributed by atoms with Crippen molar-refractivity contribution in [3.05, 3.63) is 45.2 Å². The monoisotopic (exact) mass is 308 g/mol. The van der Waals surface area contributed by atoms with E-state index in [1.54, 1.807) is 23.5 Å². The first kappa shape index (κ1) is 13.4. The van der Waals surface area contributed by atoms with Gasteiger partial charge in [0.2, 0.25) is 0 Å². The number of thiophene rings is 1. The van der Waals surface area contributed by atoms with Gasteiger partial charge < -0.3 is 10.0 Å². The van der Waals surface area contributed by atoms with Crippen LogP contribution >= 0.6 is 22.9 Å². The number of carbonyl (C=O) groups is 1. The summed E-state index contributed by atoms with van der Waals surface area (Å²) in [4.78, 5) is 18.8. The third-order valence-electron chi connectivity index (χ3n) is 3.22. The molecule has 0 spiro atoms. The fraction of sp³-hybridized carbons (Fsp3) is 0.286. The molecule has 104 valence electrons. The van der Waals surface area contributed by atoms with Crippen LogP contribution in [-0.4, -0.2) is 22.1 Å². The Morgan fingerprint density at radius 1 is 1.45 bits per heavy atom. The van der Waals surface area contributed by atoms with Crippen molar-refractivity contribution in [2.24, 2.45) is 0 Å². The van der Waals surface area contributed by atoms with E-state index in [0.717, 1.165) is 19.4 Å². The maximum Gasteiger partial charge on any atom is 0.356 e. The lowest BCUT2D eigenvalue weighted by molar-refractivity contribution is 0.0691. The molecule has 0 radical (unpaired) electrons. The van der Waals surface area contributed by atoms with Crippen LogP contribution in [-0.2, 0) is 6.54 Å². The minimum absolute atomic E-state index is 0.0824. The van der Waals surface area contributed by atoms with E-state index in [1.165, 1.54) is 4.88 Å². The Morgan fingerprint density at radius 2 is 2.25 bits per heavy atom. The zero-order valence-electron chi connectivity index (χ0n) is 10.6. The molecule has 0 aromatic carbocycles. The average Bonchev–Trinajstić information content (AvgIpc) is 3.14. The number of hydrogen-bond donors (Lipinski definition) is 1. The quantitative estimate of drug-likeness (QED) is 0.915. The second kappa shape index (κ2) is 5.42. The summed E-state index contributed by atoms with van der Waals surface area (Å²) in [6.07, 6.45) is 2.25. The van der Waals surface area contributed by atoms with Crippen LogP contribution in [0.3, 0.4) is 0 Å². The van der Waals surface area contributed by atoms with E-state index in [2.05, 4.69) is 16.0 Å². The van der Waals surface area contributed by atoms with Gasteiger partial charge >= 0.3 is 5.97 Å². The van der Waals surface area contributed by atoms with E-state index in [0.29, 0.717) is 11.9 Å². The normalized spacial score (nSPS) is 14.2. The molecular weight excluding hydrogens is 296 g/mol. The molecular formula is C14H13ClN2O2S. The lowest BCUT2D eigenvalue weighted by Crippen LogP contribution is -2.26. The van der Waals surface area contributed by atoms with Crippen molar-refractivity contribution in [1.82, 2.24) is 4.98 Å². The summed E-state index contributed by atoms with van der Waals surface area (Å²) < 4.78 is 0. The van der Waals surface area contributed by atoms with Gasteiger partial charge in [-0.15, -0.1) is 11.3 Å². The van der Waals surface area contributed by atoms with Crippen LogP contribution in [0.15, 0.2) is 29.6 Å². The van der Waals surface area contributed by atoms with E-state index < -0.39 is 5.97 Å². The molecule has 1 aliphatic rings. The van der Waals surface area contributed by atoms with Gasteiger partial charge in [0.05, 0.1) is 11.6 Å². The van der Waals surface area contributed by atoms with Gasteiger partial charge in [-0.2, -0.15) is 0 Å². The van der Waals surface area contributed by atoms with Crippen LogP contribution in [0, 0.1) is 0 Å². The molecule has 0 bridgehead atoms. The lowest BCUT2D eigenvalue weighted by Gasteiger charge is -2.23. The van der Waals surface area contributed by atoms with Crippen molar-refractivity contribution >= 4 is 34.7 Å². The van der Waals surface area contributed by atoms with Crippen LogP contribution in [0.5, 0.6) is 0 Å². The first-order valence-electron chi connectivity index (χ1n) is 6.34. The molecule has 6 heteroatoms. The predicted molar refractivity (Wildman–Crippen MR) is 79.7 cm³/mol. The number of pyridine rings is 1. The molecule has 0 aliphatic heterocycles. The number of aromatic nitrogens is 1. The highest BCUT2D eigenvalue weighted by atomic mass is 35.5. The Morgan fingerprint density at radius 3 is 2.85 bits per heavy atom. The van der Waals surface area contributed by atoms with Crippen molar-refractivity contribution in [3.8, 4) is 0 Å². The maximum absolute atomic E-state index is 11.1. The molecule has 0 atom stereocenters. The third-order valence-corrected chi connectivity index (χ3v) is 4.39. The largest absolute Gasteiger partial charge is 0.476 e. The molecule has 20 heavy (non-hydrogen) atoms. The molecule has 0 unspecified atom stereocenters. The molecule has 1 fully saturated rings. The Bertz CT molecular complexity index is 626. The SMILES string of the molecule is O=C(O)c1nc(N(Cc2cccs2)C2CC2)ccc1Cl. The summed E-state index contributed by atoms with van der Waals surface area (Å²) in [6.45, 7) is 0.760. The van der Waals surface area contributed by atoms with Crippen LogP contribution < -0.4 is 4.90 Å². The molecule has 3 rings (SSSR count). The standard InChI is InChI=1S/C14H13ClN2O2S/c15-11-5-6-12(16-13(11)14(18)19)17(9-3-4-9)8-10-2-1-7-20-10/h1-2,5-7,9H,3-4,8H2,(H,18,19). The number of anilines is 1. The van der Waals surface area contributed by atoms with Crippen molar-refractivity contribution in [3.63, 3.8) is 0 Å². The summed E-state index contributed by atoms with van der Waals surface area (Å²) in [5.41, 5.74) is -0.0824. The summed E-state index contributed by atoms with van der Waals surface area (Å²) in [5, 5.41) is 11.3. The zero-order chi connectivity index (χ0) is 14.1. The summed E-state index contributed by atoms with van der Waals surface area (Å²) in [7, 11) is 0. The van der Waals surface area contributed by atoms with Gasteiger partial charge in [0.25, 0.3) is 0 Å². The predicted octanol–water partition coefficient (Wildman–Crippen LogP) is 3.66. The van der Waals surface area contributed by atoms with E-state index in [4.69, 9.17) is 16.7 Å². The Kier molecular flexibility index (Phi) is 3.63. The number of aromatic carboxylic acids is 1. The minimum atomic E-state index is -1.09. The minimum Gasteiger partial charge on any atom is -0.476 e. The number of hydrogen-bond acceptors (Lipinski definition) is 4. The van der Waals surface area contributed by atoms with Gasteiger partial charge in [0.15, 0.2) is 5.69 Å². The molecule has 1 N–H and O–H groups in total. The van der Waals surface area contributed by atoms with Crippen molar-refractivity contribution in [1.29, 1.82) is 0 Å². The Balaban J connectivity index is 1.91. The maximum atomic E-state index is 11.1. The number of carboxylic acid groups (broad SMARTS) is 1. The smallest absolute Gasteiger partial charge is 0.356 e. The van der Waals surface area contributed by atoms with Gasteiger partial charge in [0.1, 0.15) is 5.82 Å². The van der Waals surface area contributed by atoms with Crippen LogP contribution in [0.25, 0.3) is 0 Å². The van der Waals surface area contributed by atoms with Crippen LogP contribution in [0.1, 0.15) is 28.2 Å². The van der Waals surface area contributed by atoms with Gasteiger partial charge in [-0.25, -0.2) is 9.78 Å². The number of nitrogens with zero attached hydrogens (tertiary/aromatic N) is 2. The zero-order valence-corrected chi connectivity index (χ0v) is 12.2. The van der Waals surface area contributed by atoms with Crippen molar-refractivity contribution in [2.45, 2.75) is 25.4 Å². The summed E-state index contributed by atoms with van der Waals surface area (Å²) in [6, 6.07) is 7.95. The van der Waals surface area contributed by atoms with Crippen molar-refractivity contribution < 1.29 is 9.90 Å². The van der Waals surface area contributed by atoms with Crippen molar-refractivity contribution in [2.75, 3.05) is 4.90 Å². The Labute approximate surface area is 125 Å². The van der Waals surface area contributed by atoms with E-state index >= 15 is 0 Å². The molecule has 4 nitrogen and oxygen atoms in total. The third kappa shape index (κ3) is 2.78. The Hall–Kier alpha value is -1.59. The number of carboxylic acids is 1. The highest BCUT2D eigenvalue weighted by Crippen LogP contribution is 2.33.